The van der Waals surface area contributed by atoms with E-state index in [0.29, 0.717) is 10.6 Å². The van der Waals surface area contributed by atoms with Gasteiger partial charge in [-0.1, -0.05) is 30.3 Å². The molecule has 4 N–H and O–H groups in total. The quantitative estimate of drug-likeness (QED) is 0.524. The van der Waals surface area contributed by atoms with Gasteiger partial charge in [0.1, 0.15) is 5.00 Å². The number of rotatable bonds is 6. The van der Waals surface area contributed by atoms with Crippen LogP contribution in [0.3, 0.4) is 0 Å². The smallest absolute Gasteiger partial charge is 0.261 e. The van der Waals surface area contributed by atoms with Gasteiger partial charge < -0.3 is 11.1 Å². The van der Waals surface area contributed by atoms with E-state index >= 15 is 0 Å². The van der Waals surface area contributed by atoms with Gasteiger partial charge in [0.05, 0.1) is 21.7 Å². The summed E-state index contributed by atoms with van der Waals surface area (Å²) in [4.78, 5) is 26.3. The second-order valence-electron chi connectivity index (χ2n) is 7.20. The van der Waals surface area contributed by atoms with Crippen LogP contribution in [0, 0.1) is 0 Å². The number of carbonyl (C=O) groups excluding carboxylic acids is 2. The van der Waals surface area contributed by atoms with E-state index in [0.717, 1.165) is 36.1 Å². The summed E-state index contributed by atoms with van der Waals surface area (Å²) in [5, 5.41) is 3.18. The maximum Gasteiger partial charge on any atom is 0.261 e. The Morgan fingerprint density at radius 2 is 1.61 bits per heavy atom. The van der Waals surface area contributed by atoms with Crippen molar-refractivity contribution in [3.63, 3.8) is 0 Å². The largest absolute Gasteiger partial charge is 0.365 e. The van der Waals surface area contributed by atoms with E-state index in [9.17, 15) is 18.0 Å². The van der Waals surface area contributed by atoms with Gasteiger partial charge in [-0.25, -0.2) is 8.42 Å². The summed E-state index contributed by atoms with van der Waals surface area (Å²) in [6.07, 6.45) is 3.61. The summed E-state index contributed by atoms with van der Waals surface area (Å²) in [5.41, 5.74) is 7.16. The molecule has 7 nitrogen and oxygen atoms in total. The van der Waals surface area contributed by atoms with Crippen LogP contribution >= 0.6 is 11.3 Å². The van der Waals surface area contributed by atoms with E-state index in [1.165, 1.54) is 35.6 Å². The molecule has 1 aliphatic rings. The topological polar surface area (TPSA) is 118 Å². The fraction of sp³-hybridized carbons (Fsp3) is 0.182. The van der Waals surface area contributed by atoms with Crippen molar-refractivity contribution in [3.05, 3.63) is 76.2 Å². The molecule has 1 aromatic heterocycles. The zero-order valence-corrected chi connectivity index (χ0v) is 18.2. The first kappa shape index (κ1) is 21.1. The number of para-hydroxylation sites is 1. The lowest BCUT2D eigenvalue weighted by atomic mass is 9.95. The third-order valence-corrected chi connectivity index (χ3v) is 7.70. The molecule has 0 aliphatic heterocycles. The molecule has 0 unspecified atom stereocenters. The van der Waals surface area contributed by atoms with Crippen molar-refractivity contribution in [1.29, 1.82) is 0 Å². The highest BCUT2D eigenvalue weighted by Crippen LogP contribution is 2.38. The Hall–Kier alpha value is -3.17. The van der Waals surface area contributed by atoms with Gasteiger partial charge >= 0.3 is 0 Å². The van der Waals surface area contributed by atoms with E-state index in [-0.39, 0.29) is 16.1 Å². The predicted octanol–water partition coefficient (Wildman–Crippen LogP) is 3.78. The molecule has 3 aromatic rings. The lowest BCUT2D eigenvalue weighted by Gasteiger charge is -2.13. The van der Waals surface area contributed by atoms with Crippen molar-refractivity contribution in [3.8, 4) is 0 Å². The zero-order valence-electron chi connectivity index (χ0n) is 16.6. The van der Waals surface area contributed by atoms with Gasteiger partial charge in [-0.2, -0.15) is 0 Å². The molecule has 0 saturated heterocycles. The molecule has 2 amide bonds. The van der Waals surface area contributed by atoms with Crippen LogP contribution in [0.25, 0.3) is 0 Å². The number of primary amides is 1. The van der Waals surface area contributed by atoms with Crippen LogP contribution in [0.5, 0.6) is 0 Å². The van der Waals surface area contributed by atoms with Crippen molar-refractivity contribution in [2.24, 2.45) is 5.73 Å². The number of anilines is 2. The zero-order chi connectivity index (χ0) is 22.0. The highest BCUT2D eigenvalue weighted by atomic mass is 32.2. The second-order valence-corrected chi connectivity index (χ2v) is 9.99. The van der Waals surface area contributed by atoms with Crippen LogP contribution in [0.1, 0.15) is 44.0 Å². The summed E-state index contributed by atoms with van der Waals surface area (Å²) in [7, 11) is -3.87. The first-order valence-corrected chi connectivity index (χ1v) is 12.1. The van der Waals surface area contributed by atoms with Crippen molar-refractivity contribution in [2.75, 3.05) is 10.0 Å². The Morgan fingerprint density at radius 3 is 2.35 bits per heavy atom. The summed E-state index contributed by atoms with van der Waals surface area (Å²) in [6, 6.07) is 14.2. The monoisotopic (exact) mass is 455 g/mol. The summed E-state index contributed by atoms with van der Waals surface area (Å²) < 4.78 is 27.9. The number of nitrogens with one attached hydrogen (secondary N) is 2. The molecule has 0 atom stereocenters. The Morgan fingerprint density at radius 1 is 0.935 bits per heavy atom. The van der Waals surface area contributed by atoms with Crippen molar-refractivity contribution in [2.45, 2.75) is 30.6 Å². The number of sulfonamides is 1. The third kappa shape index (κ3) is 4.33. The Balaban J connectivity index is 1.64. The van der Waals surface area contributed by atoms with Gasteiger partial charge in [0.25, 0.3) is 21.8 Å². The molecule has 2 aromatic carbocycles. The van der Waals surface area contributed by atoms with Gasteiger partial charge in [0.2, 0.25) is 0 Å². The van der Waals surface area contributed by atoms with Gasteiger partial charge in [0.15, 0.2) is 0 Å². The Kier molecular flexibility index (Phi) is 5.79. The SMILES string of the molecule is NC(=O)c1c(NC(=O)c2ccccc2NS(=O)(=O)c2ccccc2)sc2c1CCCC2. The molecule has 1 heterocycles. The van der Waals surface area contributed by atoms with E-state index in [1.54, 1.807) is 30.3 Å². The van der Waals surface area contributed by atoms with Crippen molar-refractivity contribution >= 4 is 43.9 Å². The summed E-state index contributed by atoms with van der Waals surface area (Å²) in [6.45, 7) is 0. The summed E-state index contributed by atoms with van der Waals surface area (Å²) >= 11 is 1.36. The van der Waals surface area contributed by atoms with Gasteiger partial charge in [0, 0.05) is 4.88 Å². The number of nitrogens with two attached hydrogens (primary N) is 1. The molecule has 4 rings (SSSR count). The fourth-order valence-corrected chi connectivity index (χ4v) is 6.05. The Labute approximate surface area is 184 Å². The van der Waals surface area contributed by atoms with Gasteiger partial charge in [-0.05, 0) is 55.5 Å². The maximum absolute atomic E-state index is 13.1. The molecular weight excluding hydrogens is 434 g/mol. The number of hydrogen-bond acceptors (Lipinski definition) is 5. The standard InChI is InChI=1S/C22H21N3O4S2/c23-20(26)19-16-11-5-7-13-18(16)30-22(19)24-21(27)15-10-4-6-12-17(15)25-31(28,29)14-8-2-1-3-9-14/h1-4,6,8-10,12,25H,5,7,11,13H2,(H2,23,26)(H,24,27). The van der Waals surface area contributed by atoms with E-state index in [1.807, 2.05) is 0 Å². The van der Waals surface area contributed by atoms with Crippen LogP contribution in [-0.2, 0) is 22.9 Å². The highest BCUT2D eigenvalue weighted by molar-refractivity contribution is 7.92. The average molecular weight is 456 g/mol. The van der Waals surface area contributed by atoms with Gasteiger partial charge in [-0.15, -0.1) is 11.3 Å². The lowest BCUT2D eigenvalue weighted by molar-refractivity contribution is 0.100. The predicted molar refractivity (Wildman–Crippen MR) is 121 cm³/mol. The first-order valence-electron chi connectivity index (χ1n) is 9.79. The third-order valence-electron chi connectivity index (χ3n) is 5.11. The van der Waals surface area contributed by atoms with Crippen LogP contribution in [-0.4, -0.2) is 20.2 Å². The van der Waals surface area contributed by atoms with E-state index in [2.05, 4.69) is 10.0 Å². The number of amides is 2. The average Bonchev–Trinajstić information content (AvgIpc) is 3.12. The van der Waals surface area contributed by atoms with Crippen LogP contribution in [0.2, 0.25) is 0 Å². The summed E-state index contributed by atoms with van der Waals surface area (Å²) in [5.74, 6) is -1.10. The van der Waals surface area contributed by atoms with Gasteiger partial charge in [-0.3, -0.25) is 14.3 Å². The molecule has 0 radical (unpaired) electrons. The van der Waals surface area contributed by atoms with Crippen LogP contribution in [0.15, 0.2) is 59.5 Å². The Bertz CT molecular complexity index is 1250. The van der Waals surface area contributed by atoms with Crippen LogP contribution < -0.4 is 15.8 Å². The minimum absolute atomic E-state index is 0.0900. The van der Waals surface area contributed by atoms with E-state index in [4.69, 9.17) is 5.73 Å². The molecule has 0 spiro atoms. The van der Waals surface area contributed by atoms with Crippen molar-refractivity contribution < 1.29 is 18.0 Å². The number of hydrogen-bond donors (Lipinski definition) is 3. The first-order chi connectivity index (χ1) is 14.9. The number of thiophene rings is 1. The molecule has 0 saturated carbocycles. The molecule has 0 fully saturated rings. The molecule has 9 heteroatoms. The van der Waals surface area contributed by atoms with Crippen LogP contribution in [0.4, 0.5) is 10.7 Å². The molecular formula is C22H21N3O4S2. The number of fused-ring (bicyclic) bond motifs is 1. The van der Waals surface area contributed by atoms with E-state index < -0.39 is 21.8 Å². The molecule has 31 heavy (non-hydrogen) atoms. The number of carbonyl (C=O) groups is 2. The van der Waals surface area contributed by atoms with Crippen molar-refractivity contribution in [1.82, 2.24) is 0 Å². The number of benzene rings is 2. The molecule has 1 aliphatic carbocycles. The molecule has 0 bridgehead atoms. The highest BCUT2D eigenvalue weighted by Gasteiger charge is 2.26. The lowest BCUT2D eigenvalue weighted by Crippen LogP contribution is -2.20. The maximum atomic E-state index is 13.1. The second kappa shape index (κ2) is 8.52. The fourth-order valence-electron chi connectivity index (χ4n) is 3.66. The normalized spacial score (nSPS) is 13.3. The molecule has 160 valence electrons. The minimum atomic E-state index is -3.87. The number of aryl methyl sites for hydroxylation is 1. The minimum Gasteiger partial charge on any atom is -0.365 e.